The number of β-amino-alcohol motifs (C(OH)–C–C–N with tert-alkyl or cyclic N) is 1. The maximum Gasteiger partial charge on any atom is 0.134 e. The molecule has 1 aromatic heterocycles. The van der Waals surface area contributed by atoms with Gasteiger partial charge in [-0.15, -0.1) is 12.4 Å². The van der Waals surface area contributed by atoms with Crippen molar-refractivity contribution in [3.05, 3.63) is 35.6 Å². The van der Waals surface area contributed by atoms with Crippen LogP contribution in [-0.4, -0.2) is 30.8 Å². The number of hydrogen-bond donors (Lipinski definition) is 3. The summed E-state index contributed by atoms with van der Waals surface area (Å²) in [6, 6.07) is 8.18. The number of fused-ring (bicyclic) bond motifs is 1. The van der Waals surface area contributed by atoms with Crippen LogP contribution >= 0.6 is 12.4 Å². The molecule has 21 heavy (non-hydrogen) atoms. The predicted octanol–water partition coefficient (Wildman–Crippen LogP) is 2.09. The quantitative estimate of drug-likeness (QED) is 0.791. The Morgan fingerprint density at radius 1 is 1.33 bits per heavy atom. The maximum absolute atomic E-state index is 9.80. The Balaban J connectivity index is 0.00000161. The van der Waals surface area contributed by atoms with Crippen molar-refractivity contribution in [2.45, 2.75) is 26.0 Å². The van der Waals surface area contributed by atoms with Gasteiger partial charge in [0.25, 0.3) is 0 Å². The molecule has 0 bridgehead atoms. The van der Waals surface area contributed by atoms with Gasteiger partial charge in [0.1, 0.15) is 11.3 Å². The van der Waals surface area contributed by atoms with Crippen LogP contribution in [0.4, 0.5) is 0 Å². The van der Waals surface area contributed by atoms with Crippen LogP contribution in [0.3, 0.4) is 0 Å². The van der Waals surface area contributed by atoms with E-state index in [1.165, 1.54) is 10.9 Å². The molecule has 0 saturated carbocycles. The number of nitrogens with one attached hydrogen (secondary N) is 2. The van der Waals surface area contributed by atoms with E-state index in [9.17, 15) is 5.11 Å². The molecule has 3 N–H and O–H groups in total. The molecule has 2 heterocycles. The van der Waals surface area contributed by atoms with Crippen molar-refractivity contribution in [2.75, 3.05) is 19.6 Å². The standard InChI is InChI=1S/C16H22N2O2.ClH/c1-2-15-13(12-5-3-4-6-16(12)20-15)9-17-7-11-8-18-10-14(11)19;/h3-6,11,14,17-19H,2,7-10H2,1H3;1H. The summed E-state index contributed by atoms with van der Waals surface area (Å²) in [6.07, 6.45) is 0.675. The van der Waals surface area contributed by atoms with Gasteiger partial charge in [-0.2, -0.15) is 0 Å². The molecule has 1 aliphatic heterocycles. The molecule has 0 aliphatic carbocycles. The topological polar surface area (TPSA) is 57.4 Å². The molecular formula is C16H23ClN2O2. The summed E-state index contributed by atoms with van der Waals surface area (Å²) in [6.45, 7) is 5.34. The highest BCUT2D eigenvalue weighted by Gasteiger charge is 2.24. The molecule has 1 aromatic carbocycles. The lowest BCUT2D eigenvalue weighted by molar-refractivity contribution is 0.146. The minimum absolute atomic E-state index is 0. The number of hydrogen-bond acceptors (Lipinski definition) is 4. The first-order valence-corrected chi connectivity index (χ1v) is 7.38. The van der Waals surface area contributed by atoms with E-state index in [4.69, 9.17) is 4.42 Å². The maximum atomic E-state index is 9.80. The van der Waals surface area contributed by atoms with Crippen LogP contribution in [0.2, 0.25) is 0 Å². The van der Waals surface area contributed by atoms with E-state index in [-0.39, 0.29) is 18.5 Å². The Bertz CT molecular complexity index is 585. The van der Waals surface area contributed by atoms with Gasteiger partial charge in [-0.25, -0.2) is 0 Å². The van der Waals surface area contributed by atoms with Gasteiger partial charge in [0.15, 0.2) is 0 Å². The van der Waals surface area contributed by atoms with Crippen LogP contribution in [0, 0.1) is 5.92 Å². The van der Waals surface area contributed by atoms with Crippen molar-refractivity contribution in [2.24, 2.45) is 5.92 Å². The fourth-order valence-corrected chi connectivity index (χ4v) is 2.94. The van der Waals surface area contributed by atoms with E-state index in [0.717, 1.165) is 37.4 Å². The van der Waals surface area contributed by atoms with Crippen molar-refractivity contribution in [1.82, 2.24) is 10.6 Å². The zero-order valence-electron chi connectivity index (χ0n) is 12.3. The molecular weight excluding hydrogens is 288 g/mol. The number of para-hydroxylation sites is 1. The van der Waals surface area contributed by atoms with Gasteiger partial charge in [-0.3, -0.25) is 0 Å². The first kappa shape index (κ1) is 16.3. The first-order chi connectivity index (χ1) is 9.79. The average Bonchev–Trinajstić information content (AvgIpc) is 3.03. The molecule has 2 aromatic rings. The van der Waals surface area contributed by atoms with E-state index < -0.39 is 0 Å². The second-order valence-corrected chi connectivity index (χ2v) is 5.47. The monoisotopic (exact) mass is 310 g/mol. The molecule has 3 rings (SSSR count). The van der Waals surface area contributed by atoms with Crippen LogP contribution in [-0.2, 0) is 13.0 Å². The molecule has 0 amide bonds. The number of halogens is 1. The smallest absolute Gasteiger partial charge is 0.134 e. The Morgan fingerprint density at radius 2 is 2.14 bits per heavy atom. The van der Waals surface area contributed by atoms with Gasteiger partial charge >= 0.3 is 0 Å². The molecule has 1 aliphatic rings. The summed E-state index contributed by atoms with van der Waals surface area (Å²) < 4.78 is 5.89. The van der Waals surface area contributed by atoms with Gasteiger partial charge in [0.2, 0.25) is 0 Å². The molecule has 116 valence electrons. The average molecular weight is 311 g/mol. The van der Waals surface area contributed by atoms with Gasteiger partial charge in [-0.05, 0) is 6.07 Å². The summed E-state index contributed by atoms with van der Waals surface area (Å²) in [4.78, 5) is 0. The second-order valence-electron chi connectivity index (χ2n) is 5.47. The fourth-order valence-electron chi connectivity index (χ4n) is 2.94. The summed E-state index contributed by atoms with van der Waals surface area (Å²) >= 11 is 0. The Morgan fingerprint density at radius 3 is 2.86 bits per heavy atom. The summed E-state index contributed by atoms with van der Waals surface area (Å²) in [7, 11) is 0. The molecule has 5 heteroatoms. The van der Waals surface area contributed by atoms with Crippen LogP contribution in [0.15, 0.2) is 28.7 Å². The lowest BCUT2D eigenvalue weighted by Crippen LogP contribution is -2.30. The highest BCUT2D eigenvalue weighted by Crippen LogP contribution is 2.26. The minimum atomic E-state index is -0.228. The fraction of sp³-hybridized carbons (Fsp3) is 0.500. The number of aliphatic hydroxyl groups excluding tert-OH is 1. The Hall–Kier alpha value is -1.07. The molecule has 1 fully saturated rings. The third-order valence-corrected chi connectivity index (χ3v) is 4.12. The number of benzene rings is 1. The van der Waals surface area contributed by atoms with Crippen molar-refractivity contribution in [1.29, 1.82) is 0 Å². The SMILES string of the molecule is CCc1oc2ccccc2c1CNCC1CNCC1O.Cl. The van der Waals surface area contributed by atoms with Crippen molar-refractivity contribution >= 4 is 23.4 Å². The molecule has 0 radical (unpaired) electrons. The number of furan rings is 1. The third kappa shape index (κ3) is 3.40. The van der Waals surface area contributed by atoms with Crippen LogP contribution in [0.25, 0.3) is 11.0 Å². The molecule has 0 spiro atoms. The minimum Gasteiger partial charge on any atom is -0.461 e. The second kappa shape index (κ2) is 7.27. The van der Waals surface area contributed by atoms with E-state index in [0.29, 0.717) is 12.5 Å². The van der Waals surface area contributed by atoms with Crippen LogP contribution in [0.5, 0.6) is 0 Å². The highest BCUT2D eigenvalue weighted by atomic mass is 35.5. The summed E-state index contributed by atoms with van der Waals surface area (Å²) in [5.74, 6) is 1.36. The molecule has 1 saturated heterocycles. The largest absolute Gasteiger partial charge is 0.461 e. The van der Waals surface area contributed by atoms with E-state index in [1.54, 1.807) is 0 Å². The van der Waals surface area contributed by atoms with Gasteiger partial charge in [0.05, 0.1) is 6.10 Å². The van der Waals surface area contributed by atoms with E-state index >= 15 is 0 Å². The Kier molecular flexibility index (Phi) is 5.65. The van der Waals surface area contributed by atoms with E-state index in [1.807, 2.05) is 18.2 Å². The van der Waals surface area contributed by atoms with Crippen molar-refractivity contribution in [3.63, 3.8) is 0 Å². The van der Waals surface area contributed by atoms with Crippen LogP contribution in [0.1, 0.15) is 18.2 Å². The highest BCUT2D eigenvalue weighted by molar-refractivity contribution is 5.85. The molecule has 2 unspecified atom stereocenters. The molecule has 4 nitrogen and oxygen atoms in total. The lowest BCUT2D eigenvalue weighted by atomic mass is 10.1. The van der Waals surface area contributed by atoms with Gasteiger partial charge in [0, 0.05) is 49.5 Å². The van der Waals surface area contributed by atoms with Gasteiger partial charge in [-0.1, -0.05) is 25.1 Å². The zero-order chi connectivity index (χ0) is 13.9. The zero-order valence-corrected chi connectivity index (χ0v) is 13.1. The first-order valence-electron chi connectivity index (χ1n) is 7.38. The predicted molar refractivity (Wildman–Crippen MR) is 86.9 cm³/mol. The summed E-state index contributed by atoms with van der Waals surface area (Å²) in [5.41, 5.74) is 2.22. The van der Waals surface area contributed by atoms with Crippen LogP contribution < -0.4 is 10.6 Å². The number of rotatable bonds is 5. The third-order valence-electron chi connectivity index (χ3n) is 4.12. The number of aryl methyl sites for hydroxylation is 1. The van der Waals surface area contributed by atoms with E-state index in [2.05, 4.69) is 23.6 Å². The lowest BCUT2D eigenvalue weighted by Gasteiger charge is -2.14. The molecule has 2 atom stereocenters. The normalized spacial score (nSPS) is 21.6. The van der Waals surface area contributed by atoms with Crippen molar-refractivity contribution < 1.29 is 9.52 Å². The Labute approximate surface area is 131 Å². The van der Waals surface area contributed by atoms with Crippen molar-refractivity contribution in [3.8, 4) is 0 Å². The number of aliphatic hydroxyl groups is 1. The summed E-state index contributed by atoms with van der Waals surface area (Å²) in [5, 5.41) is 17.7. The van der Waals surface area contributed by atoms with Gasteiger partial charge < -0.3 is 20.2 Å².